The summed E-state index contributed by atoms with van der Waals surface area (Å²) in [4.78, 5) is 41.2. The van der Waals surface area contributed by atoms with Crippen molar-refractivity contribution in [1.29, 1.82) is 0 Å². The molecule has 0 saturated heterocycles. The summed E-state index contributed by atoms with van der Waals surface area (Å²) >= 11 is 1.55. The number of amides is 3. The second-order valence-corrected chi connectivity index (χ2v) is 8.04. The molecule has 32 heavy (non-hydrogen) atoms. The fourth-order valence-corrected chi connectivity index (χ4v) is 3.81. The number of hydrogen-bond donors (Lipinski definition) is 1. The highest BCUT2D eigenvalue weighted by Gasteiger charge is 2.22. The van der Waals surface area contributed by atoms with Crippen molar-refractivity contribution in [2.75, 3.05) is 26.2 Å². The Morgan fingerprint density at radius 1 is 1.16 bits per heavy atom. The molecule has 0 radical (unpaired) electrons. The zero-order chi connectivity index (χ0) is 23.5. The van der Waals surface area contributed by atoms with Gasteiger partial charge in [0, 0.05) is 18.0 Å². The molecule has 7 nitrogen and oxygen atoms in total. The minimum atomic E-state index is -0.569. The minimum Gasteiger partial charge on any atom is -0.465 e. The van der Waals surface area contributed by atoms with Crippen LogP contribution >= 0.6 is 11.3 Å². The van der Waals surface area contributed by atoms with Gasteiger partial charge in [-0.05, 0) is 48.6 Å². The van der Waals surface area contributed by atoms with Crippen molar-refractivity contribution >= 4 is 29.2 Å². The molecular formula is C23H28FN3O4S. The smallest absolute Gasteiger partial charge is 0.325 e. The Labute approximate surface area is 191 Å². The molecule has 2 aromatic rings. The van der Waals surface area contributed by atoms with E-state index in [2.05, 4.69) is 11.9 Å². The summed E-state index contributed by atoms with van der Waals surface area (Å²) < 4.78 is 18.1. The van der Waals surface area contributed by atoms with Crippen LogP contribution in [0, 0.1) is 12.7 Å². The van der Waals surface area contributed by atoms with Crippen LogP contribution in [-0.2, 0) is 27.4 Å². The predicted molar refractivity (Wildman–Crippen MR) is 122 cm³/mol. The molecule has 172 valence electrons. The van der Waals surface area contributed by atoms with E-state index in [0.29, 0.717) is 6.54 Å². The van der Waals surface area contributed by atoms with Gasteiger partial charge in [0.1, 0.15) is 18.9 Å². The molecule has 9 heteroatoms. The molecular weight excluding hydrogens is 433 g/mol. The highest BCUT2D eigenvalue weighted by atomic mass is 32.1. The number of carbonyl (C=O) groups excluding carboxylic acids is 3. The third-order valence-electron chi connectivity index (χ3n) is 4.59. The van der Waals surface area contributed by atoms with Crippen LogP contribution in [-0.4, -0.2) is 53.9 Å². The lowest BCUT2D eigenvalue weighted by Crippen LogP contribution is -2.47. The molecule has 1 heterocycles. The molecule has 1 aromatic carbocycles. The van der Waals surface area contributed by atoms with E-state index in [0.717, 1.165) is 16.0 Å². The molecule has 0 saturated carbocycles. The molecule has 0 aliphatic carbocycles. The van der Waals surface area contributed by atoms with Crippen molar-refractivity contribution in [3.8, 4) is 0 Å². The summed E-state index contributed by atoms with van der Waals surface area (Å²) in [5.74, 6) is -1.19. The fourth-order valence-electron chi connectivity index (χ4n) is 2.89. The van der Waals surface area contributed by atoms with Gasteiger partial charge in [-0.3, -0.25) is 9.59 Å². The van der Waals surface area contributed by atoms with Gasteiger partial charge < -0.3 is 19.9 Å². The summed E-state index contributed by atoms with van der Waals surface area (Å²) in [7, 11) is 0. The van der Waals surface area contributed by atoms with Crippen molar-refractivity contribution in [3.63, 3.8) is 0 Å². The SMILES string of the molecule is C=CCN(CC(=O)N(Cc1ccc(F)cc1)Cc1sccc1C)C(=O)NCC(=O)OCC. The second-order valence-electron chi connectivity index (χ2n) is 7.04. The summed E-state index contributed by atoms with van der Waals surface area (Å²) in [6.07, 6.45) is 1.50. The summed E-state index contributed by atoms with van der Waals surface area (Å²) in [6, 6.07) is 7.37. The molecule has 2 rings (SSSR count). The maximum absolute atomic E-state index is 13.3. The Hall–Kier alpha value is -3.20. The number of hydrogen-bond acceptors (Lipinski definition) is 5. The van der Waals surface area contributed by atoms with Gasteiger partial charge in [-0.1, -0.05) is 18.2 Å². The summed E-state index contributed by atoms with van der Waals surface area (Å²) in [6.45, 7) is 7.76. The average molecular weight is 462 g/mol. The van der Waals surface area contributed by atoms with Gasteiger partial charge in [-0.25, -0.2) is 9.18 Å². The highest BCUT2D eigenvalue weighted by Crippen LogP contribution is 2.20. The van der Waals surface area contributed by atoms with Gasteiger partial charge in [0.15, 0.2) is 0 Å². The number of thiophene rings is 1. The number of rotatable bonds is 11. The van der Waals surface area contributed by atoms with Crippen molar-refractivity contribution in [1.82, 2.24) is 15.1 Å². The lowest BCUT2D eigenvalue weighted by molar-refractivity contribution is -0.141. The Balaban J connectivity index is 2.13. The zero-order valence-electron chi connectivity index (χ0n) is 18.3. The molecule has 0 aliphatic rings. The largest absolute Gasteiger partial charge is 0.465 e. The van der Waals surface area contributed by atoms with E-state index in [9.17, 15) is 18.8 Å². The summed E-state index contributed by atoms with van der Waals surface area (Å²) in [5, 5.41) is 4.42. The quantitative estimate of drug-likeness (QED) is 0.411. The Morgan fingerprint density at radius 2 is 1.88 bits per heavy atom. The van der Waals surface area contributed by atoms with Gasteiger partial charge in [-0.2, -0.15) is 0 Å². The first-order valence-corrected chi connectivity index (χ1v) is 11.1. The molecule has 0 atom stereocenters. The Morgan fingerprint density at radius 3 is 2.47 bits per heavy atom. The second kappa shape index (κ2) is 12.6. The van der Waals surface area contributed by atoms with Crippen LogP contribution in [0.25, 0.3) is 0 Å². The molecule has 1 N–H and O–H groups in total. The van der Waals surface area contributed by atoms with Crippen LogP contribution in [0.4, 0.5) is 9.18 Å². The number of carbonyl (C=O) groups is 3. The first-order valence-electron chi connectivity index (χ1n) is 10.2. The Bertz CT molecular complexity index is 930. The van der Waals surface area contributed by atoms with Crippen molar-refractivity contribution in [3.05, 3.63) is 70.2 Å². The Kier molecular flexibility index (Phi) is 9.87. The number of aryl methyl sites for hydroxylation is 1. The normalized spacial score (nSPS) is 10.3. The van der Waals surface area contributed by atoms with Crippen LogP contribution in [0.3, 0.4) is 0 Å². The van der Waals surface area contributed by atoms with Gasteiger partial charge in [0.05, 0.1) is 13.2 Å². The minimum absolute atomic E-state index is 0.128. The number of urea groups is 1. The molecule has 3 amide bonds. The van der Waals surface area contributed by atoms with Crippen LogP contribution in [0.1, 0.15) is 22.9 Å². The number of ether oxygens (including phenoxy) is 1. The predicted octanol–water partition coefficient (Wildman–Crippen LogP) is 3.49. The van der Waals surface area contributed by atoms with E-state index in [1.54, 1.807) is 35.3 Å². The van der Waals surface area contributed by atoms with Crippen molar-refractivity contribution in [2.45, 2.75) is 26.9 Å². The van der Waals surface area contributed by atoms with E-state index in [1.165, 1.54) is 23.1 Å². The van der Waals surface area contributed by atoms with Crippen molar-refractivity contribution in [2.24, 2.45) is 0 Å². The zero-order valence-corrected chi connectivity index (χ0v) is 19.1. The van der Waals surface area contributed by atoms with Crippen LogP contribution in [0.2, 0.25) is 0 Å². The van der Waals surface area contributed by atoms with Gasteiger partial charge in [0.2, 0.25) is 5.91 Å². The van der Waals surface area contributed by atoms with E-state index < -0.39 is 12.0 Å². The van der Waals surface area contributed by atoms with E-state index >= 15 is 0 Å². The maximum atomic E-state index is 13.3. The monoisotopic (exact) mass is 461 g/mol. The lowest BCUT2D eigenvalue weighted by Gasteiger charge is -2.27. The third kappa shape index (κ3) is 7.81. The molecule has 0 aliphatic heterocycles. The van der Waals surface area contributed by atoms with Crippen LogP contribution in [0.5, 0.6) is 0 Å². The first kappa shape index (κ1) is 25.1. The number of nitrogens with zero attached hydrogens (tertiary/aromatic N) is 2. The van der Waals surface area contributed by atoms with Crippen LogP contribution < -0.4 is 5.32 Å². The third-order valence-corrected chi connectivity index (χ3v) is 5.60. The van der Waals surface area contributed by atoms with Gasteiger partial charge in [0.25, 0.3) is 0 Å². The van der Waals surface area contributed by atoms with Crippen LogP contribution in [0.15, 0.2) is 48.4 Å². The number of benzene rings is 1. The van der Waals surface area contributed by atoms with Gasteiger partial charge in [-0.15, -0.1) is 17.9 Å². The fraction of sp³-hybridized carbons (Fsp3) is 0.348. The molecule has 1 aromatic heterocycles. The molecule has 0 bridgehead atoms. The maximum Gasteiger partial charge on any atom is 0.325 e. The lowest BCUT2D eigenvalue weighted by atomic mass is 10.2. The molecule has 0 unspecified atom stereocenters. The van der Waals surface area contributed by atoms with E-state index in [4.69, 9.17) is 4.74 Å². The highest BCUT2D eigenvalue weighted by molar-refractivity contribution is 7.10. The van der Waals surface area contributed by atoms with Gasteiger partial charge >= 0.3 is 12.0 Å². The molecule has 0 spiro atoms. The average Bonchev–Trinajstić information content (AvgIpc) is 3.17. The number of nitrogens with one attached hydrogen (secondary N) is 1. The topological polar surface area (TPSA) is 79.0 Å². The summed E-state index contributed by atoms with van der Waals surface area (Å²) in [5.41, 5.74) is 1.85. The number of esters is 1. The van der Waals surface area contributed by atoms with Crippen molar-refractivity contribution < 1.29 is 23.5 Å². The first-order chi connectivity index (χ1) is 15.3. The molecule has 0 fully saturated rings. The van der Waals surface area contributed by atoms with E-state index in [1.807, 2.05) is 18.4 Å². The number of halogens is 1. The standard InChI is InChI=1S/C23H28FN3O4S/c1-4-11-26(23(30)25-13-22(29)31-5-2)16-21(28)27(15-20-17(3)10-12-32-20)14-18-6-8-19(24)9-7-18/h4,6-10,12H,1,5,11,13-16H2,2-3H3,(H,25,30). The van der Waals surface area contributed by atoms with E-state index in [-0.39, 0.29) is 44.5 Å².